The standard InChI is InChI=1S/C22H17FN2O5/c23-15-6-9-18-17(12-15)22(27)24-20-13(2-1-3-19(20)30-18)10-11-29-16-7-4-14(5-8-16)21(26)25-28/h1-9,12,28H,10-11H2,(H,24,27)(H,25,26). The van der Waals surface area contributed by atoms with Gasteiger partial charge in [0.05, 0.1) is 17.9 Å². The van der Waals surface area contributed by atoms with Crippen molar-refractivity contribution in [3.05, 3.63) is 83.2 Å². The van der Waals surface area contributed by atoms with Crippen LogP contribution >= 0.6 is 0 Å². The first-order chi connectivity index (χ1) is 14.5. The van der Waals surface area contributed by atoms with Crippen LogP contribution in [0.4, 0.5) is 10.1 Å². The number of halogens is 1. The Kier molecular flexibility index (Phi) is 5.32. The molecule has 0 spiro atoms. The summed E-state index contributed by atoms with van der Waals surface area (Å²) in [5.41, 5.74) is 3.30. The SMILES string of the molecule is O=C(NO)c1ccc(OCCc2cccc3c2NC(=O)c2cc(F)ccc2O3)cc1. The second-order valence-corrected chi connectivity index (χ2v) is 6.55. The number of ether oxygens (including phenoxy) is 2. The first kappa shape index (κ1) is 19.4. The number of para-hydroxylation sites is 1. The zero-order valence-corrected chi connectivity index (χ0v) is 15.6. The van der Waals surface area contributed by atoms with E-state index in [-0.39, 0.29) is 11.3 Å². The van der Waals surface area contributed by atoms with E-state index >= 15 is 0 Å². The summed E-state index contributed by atoms with van der Waals surface area (Å²) < 4.78 is 25.1. The maximum Gasteiger partial charge on any atom is 0.274 e. The van der Waals surface area contributed by atoms with Crippen LogP contribution in [0.1, 0.15) is 26.3 Å². The fourth-order valence-electron chi connectivity index (χ4n) is 3.13. The number of amides is 2. The summed E-state index contributed by atoms with van der Waals surface area (Å²) >= 11 is 0. The number of rotatable bonds is 5. The lowest BCUT2D eigenvalue weighted by molar-refractivity contribution is 0.0706. The number of carbonyl (C=O) groups excluding carboxylic acids is 2. The maximum atomic E-state index is 13.5. The topological polar surface area (TPSA) is 96.9 Å². The van der Waals surface area contributed by atoms with Gasteiger partial charge in [0.2, 0.25) is 0 Å². The molecule has 0 atom stereocenters. The van der Waals surface area contributed by atoms with Gasteiger partial charge in [-0.15, -0.1) is 0 Å². The molecule has 1 heterocycles. The average molecular weight is 408 g/mol. The second-order valence-electron chi connectivity index (χ2n) is 6.55. The normalized spacial score (nSPS) is 12.0. The molecule has 1 aliphatic heterocycles. The van der Waals surface area contributed by atoms with Gasteiger partial charge in [0.1, 0.15) is 17.3 Å². The van der Waals surface area contributed by atoms with Gasteiger partial charge < -0.3 is 14.8 Å². The molecule has 8 heteroatoms. The minimum Gasteiger partial charge on any atom is -0.493 e. The Labute approximate surface area is 171 Å². The van der Waals surface area contributed by atoms with Crippen LogP contribution in [-0.4, -0.2) is 23.6 Å². The zero-order chi connectivity index (χ0) is 21.1. The third-order valence-electron chi connectivity index (χ3n) is 4.62. The van der Waals surface area contributed by atoms with Crippen molar-refractivity contribution >= 4 is 17.5 Å². The monoisotopic (exact) mass is 408 g/mol. The Hall–Kier alpha value is -3.91. The van der Waals surface area contributed by atoms with Gasteiger partial charge in [-0.05, 0) is 54.1 Å². The first-order valence-corrected chi connectivity index (χ1v) is 9.13. The molecule has 0 bridgehead atoms. The molecule has 0 aromatic heterocycles. The van der Waals surface area contributed by atoms with Crippen LogP contribution in [0.5, 0.6) is 17.2 Å². The summed E-state index contributed by atoms with van der Waals surface area (Å²) in [4.78, 5) is 23.9. The quantitative estimate of drug-likeness (QED) is 0.439. The maximum absolute atomic E-state index is 13.5. The third-order valence-corrected chi connectivity index (χ3v) is 4.62. The van der Waals surface area contributed by atoms with Gasteiger partial charge in [0, 0.05) is 12.0 Å². The number of carbonyl (C=O) groups is 2. The van der Waals surface area contributed by atoms with E-state index in [1.165, 1.54) is 24.3 Å². The second kappa shape index (κ2) is 8.22. The molecule has 1 aliphatic rings. The Balaban J connectivity index is 1.48. The number of benzene rings is 3. The number of fused-ring (bicyclic) bond motifs is 2. The van der Waals surface area contributed by atoms with Crippen molar-refractivity contribution in [2.45, 2.75) is 6.42 Å². The molecule has 0 unspecified atom stereocenters. The molecule has 0 fully saturated rings. The number of hydrogen-bond acceptors (Lipinski definition) is 5. The zero-order valence-electron chi connectivity index (χ0n) is 15.6. The minimum atomic E-state index is -0.606. The van der Waals surface area contributed by atoms with Crippen LogP contribution in [0, 0.1) is 5.82 Å². The van der Waals surface area contributed by atoms with E-state index in [4.69, 9.17) is 14.7 Å². The number of nitrogens with one attached hydrogen (secondary N) is 2. The van der Waals surface area contributed by atoms with E-state index in [0.717, 1.165) is 11.6 Å². The van der Waals surface area contributed by atoms with E-state index in [0.29, 0.717) is 35.8 Å². The minimum absolute atomic E-state index is 0.125. The van der Waals surface area contributed by atoms with Crippen molar-refractivity contribution in [2.24, 2.45) is 0 Å². The van der Waals surface area contributed by atoms with Crippen molar-refractivity contribution < 1.29 is 28.7 Å². The van der Waals surface area contributed by atoms with E-state index in [1.807, 2.05) is 6.07 Å². The number of hydrogen-bond donors (Lipinski definition) is 3. The molecule has 0 saturated heterocycles. The molecular weight excluding hydrogens is 391 g/mol. The molecular formula is C22H17FN2O5. The summed E-state index contributed by atoms with van der Waals surface area (Å²) in [5.74, 6) is -0.276. The van der Waals surface area contributed by atoms with Crippen molar-refractivity contribution in [2.75, 3.05) is 11.9 Å². The highest BCUT2D eigenvalue weighted by Gasteiger charge is 2.23. The van der Waals surface area contributed by atoms with Crippen molar-refractivity contribution in [3.63, 3.8) is 0 Å². The molecule has 3 N–H and O–H groups in total. The molecule has 3 aromatic carbocycles. The lowest BCUT2D eigenvalue weighted by Crippen LogP contribution is -2.18. The van der Waals surface area contributed by atoms with Gasteiger partial charge >= 0.3 is 0 Å². The van der Waals surface area contributed by atoms with Crippen LogP contribution in [0.25, 0.3) is 0 Å². The van der Waals surface area contributed by atoms with Crippen LogP contribution in [-0.2, 0) is 6.42 Å². The predicted molar refractivity (Wildman–Crippen MR) is 106 cm³/mol. The summed E-state index contributed by atoms with van der Waals surface area (Å²) in [6.07, 6.45) is 0.469. The van der Waals surface area contributed by atoms with E-state index in [1.54, 1.807) is 29.7 Å². The van der Waals surface area contributed by atoms with Crippen molar-refractivity contribution in [1.82, 2.24) is 5.48 Å². The Bertz CT molecular complexity index is 1120. The van der Waals surface area contributed by atoms with Crippen molar-refractivity contribution in [1.29, 1.82) is 0 Å². The largest absolute Gasteiger partial charge is 0.493 e. The molecule has 7 nitrogen and oxygen atoms in total. The van der Waals surface area contributed by atoms with Crippen molar-refractivity contribution in [3.8, 4) is 17.2 Å². The molecule has 0 radical (unpaired) electrons. The van der Waals surface area contributed by atoms with Crippen LogP contribution in [0.3, 0.4) is 0 Å². The Morgan fingerprint density at radius 1 is 1.10 bits per heavy atom. The summed E-state index contributed by atoms with van der Waals surface area (Å²) in [6, 6.07) is 15.5. The highest BCUT2D eigenvalue weighted by Crippen LogP contribution is 2.38. The average Bonchev–Trinajstić information content (AvgIpc) is 2.90. The number of hydroxylamine groups is 1. The molecule has 30 heavy (non-hydrogen) atoms. The van der Waals surface area contributed by atoms with Crippen LogP contribution in [0.15, 0.2) is 60.7 Å². The van der Waals surface area contributed by atoms with Crippen LogP contribution < -0.4 is 20.3 Å². The number of anilines is 1. The lowest BCUT2D eigenvalue weighted by atomic mass is 10.1. The Morgan fingerprint density at radius 3 is 2.67 bits per heavy atom. The van der Waals surface area contributed by atoms with Gasteiger partial charge in [0.15, 0.2) is 5.75 Å². The fraction of sp³-hybridized carbons (Fsp3) is 0.0909. The molecule has 152 valence electrons. The van der Waals surface area contributed by atoms with Gasteiger partial charge in [-0.2, -0.15) is 0 Å². The van der Waals surface area contributed by atoms with Gasteiger partial charge in [0.25, 0.3) is 11.8 Å². The van der Waals surface area contributed by atoms with Gasteiger partial charge in [-0.1, -0.05) is 12.1 Å². The highest BCUT2D eigenvalue weighted by atomic mass is 19.1. The highest BCUT2D eigenvalue weighted by molar-refractivity contribution is 6.08. The summed E-state index contributed by atoms with van der Waals surface area (Å²) in [5, 5.41) is 11.4. The Morgan fingerprint density at radius 2 is 1.90 bits per heavy atom. The molecule has 0 aliphatic carbocycles. The van der Waals surface area contributed by atoms with E-state index in [2.05, 4.69) is 5.32 Å². The molecule has 4 rings (SSSR count). The summed E-state index contributed by atoms with van der Waals surface area (Å²) in [6.45, 7) is 0.305. The van der Waals surface area contributed by atoms with Crippen LogP contribution in [0.2, 0.25) is 0 Å². The van der Waals surface area contributed by atoms with E-state index in [9.17, 15) is 14.0 Å². The molecule has 2 amide bonds. The fourth-order valence-corrected chi connectivity index (χ4v) is 3.13. The third kappa shape index (κ3) is 3.94. The van der Waals surface area contributed by atoms with Gasteiger partial charge in [-0.25, -0.2) is 9.87 Å². The van der Waals surface area contributed by atoms with E-state index < -0.39 is 17.6 Å². The molecule has 3 aromatic rings. The predicted octanol–water partition coefficient (Wildman–Crippen LogP) is 3.92. The lowest BCUT2D eigenvalue weighted by Gasteiger charge is -2.13. The molecule has 0 saturated carbocycles. The first-order valence-electron chi connectivity index (χ1n) is 9.13. The van der Waals surface area contributed by atoms with Gasteiger partial charge in [-0.3, -0.25) is 14.8 Å². The smallest absolute Gasteiger partial charge is 0.274 e. The summed E-state index contributed by atoms with van der Waals surface area (Å²) in [7, 11) is 0.